The zero-order valence-electron chi connectivity index (χ0n) is 12.8. The Morgan fingerprint density at radius 3 is 2.52 bits per heavy atom. The number of benzene rings is 2. The van der Waals surface area contributed by atoms with Gasteiger partial charge in [-0.25, -0.2) is 8.42 Å². The Bertz CT molecular complexity index is 829. The second-order valence-electron chi connectivity index (χ2n) is 5.61. The maximum Gasteiger partial charge on any atom is 0.255 e. The minimum absolute atomic E-state index is 0.174. The van der Waals surface area contributed by atoms with E-state index in [9.17, 15) is 13.2 Å². The van der Waals surface area contributed by atoms with E-state index in [4.69, 9.17) is 0 Å². The molecule has 0 aromatic heterocycles. The average molecular weight is 330 g/mol. The number of amides is 1. The molecule has 0 aliphatic carbocycles. The SMILES string of the molecule is Cc1ccc(C(=O)Nc2cccc(N3CCCS3(=O)=O)c2)cc1. The van der Waals surface area contributed by atoms with Crippen LogP contribution in [0.25, 0.3) is 0 Å². The van der Waals surface area contributed by atoms with Crippen molar-refractivity contribution in [3.05, 3.63) is 59.7 Å². The molecule has 120 valence electrons. The summed E-state index contributed by atoms with van der Waals surface area (Å²) < 4.78 is 25.4. The number of nitrogens with zero attached hydrogens (tertiary/aromatic N) is 1. The van der Waals surface area contributed by atoms with Crippen molar-refractivity contribution in [2.75, 3.05) is 21.9 Å². The topological polar surface area (TPSA) is 66.5 Å². The number of rotatable bonds is 3. The molecule has 0 saturated carbocycles. The third-order valence-corrected chi connectivity index (χ3v) is 5.67. The predicted molar refractivity (Wildman–Crippen MR) is 91.3 cm³/mol. The fourth-order valence-corrected chi connectivity index (χ4v) is 4.13. The molecule has 23 heavy (non-hydrogen) atoms. The van der Waals surface area contributed by atoms with Crippen molar-refractivity contribution in [1.29, 1.82) is 0 Å². The number of aryl methyl sites for hydroxylation is 1. The summed E-state index contributed by atoms with van der Waals surface area (Å²) in [5.74, 6) is -0.0427. The van der Waals surface area contributed by atoms with Crippen LogP contribution in [-0.2, 0) is 10.0 Å². The number of hydrogen-bond acceptors (Lipinski definition) is 3. The van der Waals surface area contributed by atoms with Crippen LogP contribution in [0.3, 0.4) is 0 Å². The second-order valence-corrected chi connectivity index (χ2v) is 7.63. The normalized spacial score (nSPS) is 16.3. The minimum atomic E-state index is -3.22. The van der Waals surface area contributed by atoms with E-state index in [0.717, 1.165) is 5.56 Å². The number of nitrogens with one attached hydrogen (secondary N) is 1. The summed E-state index contributed by atoms with van der Waals surface area (Å²) in [5.41, 5.74) is 2.82. The Balaban J connectivity index is 1.80. The molecule has 1 amide bonds. The smallest absolute Gasteiger partial charge is 0.255 e. The third kappa shape index (κ3) is 3.37. The van der Waals surface area contributed by atoms with E-state index in [1.165, 1.54) is 4.31 Å². The molecular formula is C17H18N2O3S. The van der Waals surface area contributed by atoms with Crippen molar-refractivity contribution >= 4 is 27.3 Å². The molecular weight excluding hydrogens is 312 g/mol. The number of sulfonamides is 1. The van der Waals surface area contributed by atoms with Gasteiger partial charge in [-0.2, -0.15) is 0 Å². The van der Waals surface area contributed by atoms with Gasteiger partial charge in [0.1, 0.15) is 0 Å². The van der Waals surface area contributed by atoms with Crippen molar-refractivity contribution in [2.24, 2.45) is 0 Å². The summed E-state index contributed by atoms with van der Waals surface area (Å²) in [6.07, 6.45) is 0.627. The predicted octanol–water partition coefficient (Wildman–Crippen LogP) is 2.79. The van der Waals surface area contributed by atoms with Crippen LogP contribution in [0.4, 0.5) is 11.4 Å². The summed E-state index contributed by atoms with van der Waals surface area (Å²) in [6, 6.07) is 14.2. The summed E-state index contributed by atoms with van der Waals surface area (Å²) in [4.78, 5) is 12.2. The lowest BCUT2D eigenvalue weighted by molar-refractivity contribution is 0.102. The Morgan fingerprint density at radius 1 is 1.13 bits per heavy atom. The van der Waals surface area contributed by atoms with E-state index < -0.39 is 10.0 Å². The van der Waals surface area contributed by atoms with Gasteiger partial charge in [0.25, 0.3) is 5.91 Å². The average Bonchev–Trinajstić information content (AvgIpc) is 2.87. The minimum Gasteiger partial charge on any atom is -0.322 e. The van der Waals surface area contributed by atoms with E-state index in [2.05, 4.69) is 5.32 Å². The Kier molecular flexibility index (Phi) is 4.09. The summed E-state index contributed by atoms with van der Waals surface area (Å²) in [5, 5.41) is 2.81. The molecule has 0 radical (unpaired) electrons. The van der Waals surface area contributed by atoms with Gasteiger partial charge in [-0.1, -0.05) is 23.8 Å². The van der Waals surface area contributed by atoms with Crippen molar-refractivity contribution < 1.29 is 13.2 Å². The Labute approximate surface area is 136 Å². The summed E-state index contributed by atoms with van der Waals surface area (Å²) >= 11 is 0. The number of carbonyl (C=O) groups excluding carboxylic acids is 1. The first-order valence-corrected chi connectivity index (χ1v) is 9.05. The first-order chi connectivity index (χ1) is 11.0. The van der Waals surface area contributed by atoms with Crippen molar-refractivity contribution in [2.45, 2.75) is 13.3 Å². The van der Waals surface area contributed by atoms with Crippen LogP contribution in [0, 0.1) is 6.92 Å². The molecule has 1 heterocycles. The lowest BCUT2D eigenvalue weighted by Crippen LogP contribution is -2.25. The standard InChI is InChI=1S/C17H18N2O3S/c1-13-6-8-14(9-7-13)17(20)18-15-4-2-5-16(12-15)19-10-3-11-23(19,21)22/h2,4-9,12H,3,10-11H2,1H3,(H,18,20). The molecule has 6 heteroatoms. The largest absolute Gasteiger partial charge is 0.322 e. The molecule has 0 atom stereocenters. The molecule has 3 rings (SSSR count). The third-order valence-electron chi connectivity index (χ3n) is 3.81. The highest BCUT2D eigenvalue weighted by atomic mass is 32.2. The van der Waals surface area contributed by atoms with Crippen LogP contribution < -0.4 is 9.62 Å². The lowest BCUT2D eigenvalue weighted by atomic mass is 10.1. The Morgan fingerprint density at radius 2 is 1.87 bits per heavy atom. The van der Waals surface area contributed by atoms with Crippen LogP contribution in [-0.4, -0.2) is 26.6 Å². The second kappa shape index (κ2) is 6.04. The van der Waals surface area contributed by atoms with Crippen LogP contribution >= 0.6 is 0 Å². The molecule has 0 unspecified atom stereocenters. The van der Waals surface area contributed by atoms with Crippen LogP contribution in [0.2, 0.25) is 0 Å². The summed E-state index contributed by atoms with van der Waals surface area (Å²) in [6.45, 7) is 2.44. The maximum atomic E-state index is 12.2. The van der Waals surface area contributed by atoms with Gasteiger partial charge >= 0.3 is 0 Å². The first kappa shape index (κ1) is 15.6. The highest BCUT2D eigenvalue weighted by molar-refractivity contribution is 7.93. The molecule has 1 N–H and O–H groups in total. The van der Waals surface area contributed by atoms with Gasteiger partial charge in [0.15, 0.2) is 0 Å². The quantitative estimate of drug-likeness (QED) is 0.941. The number of carbonyl (C=O) groups is 1. The monoisotopic (exact) mass is 330 g/mol. The molecule has 0 spiro atoms. The Hall–Kier alpha value is -2.34. The van der Waals surface area contributed by atoms with E-state index in [1.807, 2.05) is 19.1 Å². The number of anilines is 2. The van der Waals surface area contributed by atoms with Crippen LogP contribution in [0.15, 0.2) is 48.5 Å². The molecule has 1 fully saturated rings. The molecule has 1 saturated heterocycles. The van der Waals surface area contributed by atoms with Crippen molar-refractivity contribution in [3.8, 4) is 0 Å². The van der Waals surface area contributed by atoms with Gasteiger partial charge in [0, 0.05) is 17.8 Å². The molecule has 0 bridgehead atoms. The van der Waals surface area contributed by atoms with Gasteiger partial charge < -0.3 is 5.32 Å². The fourth-order valence-electron chi connectivity index (χ4n) is 2.58. The zero-order valence-corrected chi connectivity index (χ0v) is 13.6. The van der Waals surface area contributed by atoms with E-state index in [-0.39, 0.29) is 11.7 Å². The highest BCUT2D eigenvalue weighted by Crippen LogP contribution is 2.26. The highest BCUT2D eigenvalue weighted by Gasteiger charge is 2.28. The van der Waals surface area contributed by atoms with E-state index >= 15 is 0 Å². The van der Waals surface area contributed by atoms with Gasteiger partial charge in [0.05, 0.1) is 11.4 Å². The fraction of sp³-hybridized carbons (Fsp3) is 0.235. The van der Waals surface area contributed by atoms with E-state index in [0.29, 0.717) is 29.9 Å². The van der Waals surface area contributed by atoms with Crippen LogP contribution in [0.1, 0.15) is 22.3 Å². The van der Waals surface area contributed by atoms with Gasteiger partial charge in [-0.3, -0.25) is 9.10 Å². The van der Waals surface area contributed by atoms with Crippen molar-refractivity contribution in [3.63, 3.8) is 0 Å². The molecule has 2 aromatic rings. The van der Waals surface area contributed by atoms with Crippen LogP contribution in [0.5, 0.6) is 0 Å². The first-order valence-electron chi connectivity index (χ1n) is 7.44. The maximum absolute atomic E-state index is 12.2. The molecule has 5 nitrogen and oxygen atoms in total. The zero-order chi connectivity index (χ0) is 16.4. The van der Waals surface area contributed by atoms with Gasteiger partial charge in [-0.05, 0) is 43.7 Å². The number of hydrogen-bond donors (Lipinski definition) is 1. The van der Waals surface area contributed by atoms with Gasteiger partial charge in [-0.15, -0.1) is 0 Å². The van der Waals surface area contributed by atoms with Gasteiger partial charge in [0.2, 0.25) is 10.0 Å². The van der Waals surface area contributed by atoms with E-state index in [1.54, 1.807) is 36.4 Å². The van der Waals surface area contributed by atoms with Crippen molar-refractivity contribution in [1.82, 2.24) is 0 Å². The molecule has 2 aromatic carbocycles. The lowest BCUT2D eigenvalue weighted by Gasteiger charge is -2.17. The summed E-state index contributed by atoms with van der Waals surface area (Å²) in [7, 11) is -3.22. The molecule has 1 aliphatic rings. The molecule has 1 aliphatic heterocycles.